The molecule has 20 heavy (non-hydrogen) atoms. The minimum atomic E-state index is 0.655. The number of hydrogen-bond donors (Lipinski definition) is 1. The van der Waals surface area contributed by atoms with Crippen LogP contribution in [0.25, 0.3) is 0 Å². The van der Waals surface area contributed by atoms with E-state index in [4.69, 9.17) is 23.2 Å². The predicted molar refractivity (Wildman–Crippen MR) is 87.6 cm³/mol. The molecule has 0 amide bonds. The van der Waals surface area contributed by atoms with Gasteiger partial charge in [-0.15, -0.1) is 0 Å². The van der Waals surface area contributed by atoms with Gasteiger partial charge in [-0.1, -0.05) is 42.3 Å². The molecule has 2 nitrogen and oxygen atoms in total. The molecule has 1 aliphatic rings. The van der Waals surface area contributed by atoms with Crippen molar-refractivity contribution in [2.75, 3.05) is 26.2 Å². The van der Waals surface area contributed by atoms with Crippen LogP contribution in [0.4, 0.5) is 0 Å². The molecule has 1 aromatic rings. The summed E-state index contributed by atoms with van der Waals surface area (Å²) in [7, 11) is 0. The molecule has 0 bridgehead atoms. The highest BCUT2D eigenvalue weighted by atomic mass is 35.5. The molecule has 0 aromatic heterocycles. The molecule has 2 rings (SSSR count). The van der Waals surface area contributed by atoms with Crippen molar-refractivity contribution in [1.29, 1.82) is 0 Å². The standard InChI is InChI=1S/C16H24Cl2N2/c1-2-10-20(11-13-6-8-19-9-7-13)12-14-4-3-5-15(17)16(14)18/h3-5,13,19H,2,6-12H2,1H3. The van der Waals surface area contributed by atoms with E-state index in [-0.39, 0.29) is 0 Å². The molecule has 0 spiro atoms. The Kier molecular flexibility index (Phi) is 6.63. The maximum atomic E-state index is 6.31. The van der Waals surface area contributed by atoms with Crippen molar-refractivity contribution < 1.29 is 0 Å². The molecule has 1 aliphatic heterocycles. The summed E-state index contributed by atoms with van der Waals surface area (Å²) >= 11 is 12.4. The van der Waals surface area contributed by atoms with Crippen molar-refractivity contribution in [3.05, 3.63) is 33.8 Å². The van der Waals surface area contributed by atoms with Gasteiger partial charge in [0.05, 0.1) is 10.0 Å². The summed E-state index contributed by atoms with van der Waals surface area (Å²) in [6, 6.07) is 5.92. The van der Waals surface area contributed by atoms with E-state index in [1.807, 2.05) is 12.1 Å². The van der Waals surface area contributed by atoms with E-state index in [0.717, 1.165) is 37.7 Å². The maximum absolute atomic E-state index is 6.31. The minimum Gasteiger partial charge on any atom is -0.317 e. The molecule has 1 aromatic carbocycles. The van der Waals surface area contributed by atoms with E-state index >= 15 is 0 Å². The quantitative estimate of drug-likeness (QED) is 0.846. The van der Waals surface area contributed by atoms with Gasteiger partial charge in [0.15, 0.2) is 0 Å². The second kappa shape index (κ2) is 8.23. The van der Waals surface area contributed by atoms with Gasteiger partial charge in [-0.3, -0.25) is 4.90 Å². The zero-order valence-electron chi connectivity index (χ0n) is 12.2. The Morgan fingerprint density at radius 3 is 2.70 bits per heavy atom. The van der Waals surface area contributed by atoms with Crippen LogP contribution in [0.2, 0.25) is 10.0 Å². The molecule has 4 heteroatoms. The maximum Gasteiger partial charge on any atom is 0.0637 e. The molecule has 0 radical (unpaired) electrons. The number of nitrogens with one attached hydrogen (secondary N) is 1. The summed E-state index contributed by atoms with van der Waals surface area (Å²) in [5.74, 6) is 0.806. The molecule has 1 saturated heterocycles. The number of halogens is 2. The lowest BCUT2D eigenvalue weighted by Crippen LogP contribution is -2.36. The van der Waals surface area contributed by atoms with Gasteiger partial charge in [0, 0.05) is 13.1 Å². The lowest BCUT2D eigenvalue weighted by atomic mass is 9.97. The van der Waals surface area contributed by atoms with E-state index in [1.165, 1.54) is 25.8 Å². The number of piperidine rings is 1. The van der Waals surface area contributed by atoms with Crippen LogP contribution >= 0.6 is 23.2 Å². The fourth-order valence-electron chi connectivity index (χ4n) is 2.89. The lowest BCUT2D eigenvalue weighted by Gasteiger charge is -2.30. The van der Waals surface area contributed by atoms with Crippen LogP contribution in [0.3, 0.4) is 0 Å². The molecule has 1 N–H and O–H groups in total. The summed E-state index contributed by atoms with van der Waals surface area (Å²) < 4.78 is 0. The summed E-state index contributed by atoms with van der Waals surface area (Å²) in [5.41, 5.74) is 1.14. The van der Waals surface area contributed by atoms with Crippen molar-refractivity contribution in [2.45, 2.75) is 32.7 Å². The predicted octanol–water partition coefficient (Wildman–Crippen LogP) is 4.21. The molecular formula is C16H24Cl2N2. The fraction of sp³-hybridized carbons (Fsp3) is 0.625. The second-order valence-electron chi connectivity index (χ2n) is 5.64. The second-order valence-corrected chi connectivity index (χ2v) is 6.43. The summed E-state index contributed by atoms with van der Waals surface area (Å²) in [4.78, 5) is 2.52. The summed E-state index contributed by atoms with van der Waals surface area (Å²) in [6.45, 7) is 7.72. The molecule has 1 fully saturated rings. The number of benzene rings is 1. The zero-order valence-corrected chi connectivity index (χ0v) is 13.7. The minimum absolute atomic E-state index is 0.655. The van der Waals surface area contributed by atoms with Crippen LogP contribution in [-0.2, 0) is 6.54 Å². The average molecular weight is 315 g/mol. The molecule has 0 atom stereocenters. The van der Waals surface area contributed by atoms with Gasteiger partial charge in [0.25, 0.3) is 0 Å². The molecular weight excluding hydrogens is 291 g/mol. The summed E-state index contributed by atoms with van der Waals surface area (Å²) in [5, 5.41) is 4.79. The van der Waals surface area contributed by atoms with Crippen LogP contribution in [-0.4, -0.2) is 31.1 Å². The van der Waals surface area contributed by atoms with Crippen LogP contribution in [0, 0.1) is 5.92 Å². The van der Waals surface area contributed by atoms with Gasteiger partial charge in [0.2, 0.25) is 0 Å². The van der Waals surface area contributed by atoms with E-state index in [2.05, 4.69) is 23.2 Å². The fourth-order valence-corrected chi connectivity index (χ4v) is 3.27. The van der Waals surface area contributed by atoms with Crippen molar-refractivity contribution in [2.24, 2.45) is 5.92 Å². The van der Waals surface area contributed by atoms with Crippen molar-refractivity contribution in [3.63, 3.8) is 0 Å². The van der Waals surface area contributed by atoms with Gasteiger partial charge in [-0.05, 0) is 56.4 Å². The number of nitrogens with zero attached hydrogens (tertiary/aromatic N) is 1. The molecule has 0 unspecified atom stereocenters. The van der Waals surface area contributed by atoms with Crippen LogP contribution in [0.1, 0.15) is 31.7 Å². The highest BCUT2D eigenvalue weighted by Crippen LogP contribution is 2.27. The average Bonchev–Trinajstić information content (AvgIpc) is 2.45. The van der Waals surface area contributed by atoms with Gasteiger partial charge >= 0.3 is 0 Å². The third-order valence-electron chi connectivity index (χ3n) is 3.94. The van der Waals surface area contributed by atoms with Gasteiger partial charge < -0.3 is 5.32 Å². The van der Waals surface area contributed by atoms with Gasteiger partial charge in [-0.2, -0.15) is 0 Å². The first-order valence-corrected chi connectivity index (χ1v) is 8.32. The summed E-state index contributed by atoms with van der Waals surface area (Å²) in [6.07, 6.45) is 3.73. The van der Waals surface area contributed by atoms with Gasteiger partial charge in [0.1, 0.15) is 0 Å². The highest BCUT2D eigenvalue weighted by Gasteiger charge is 2.17. The Labute approximate surface area is 132 Å². The largest absolute Gasteiger partial charge is 0.317 e. The Morgan fingerprint density at radius 1 is 1.25 bits per heavy atom. The smallest absolute Gasteiger partial charge is 0.0637 e. The Morgan fingerprint density at radius 2 is 2.00 bits per heavy atom. The van der Waals surface area contributed by atoms with E-state index in [1.54, 1.807) is 0 Å². The van der Waals surface area contributed by atoms with Crippen molar-refractivity contribution in [1.82, 2.24) is 10.2 Å². The van der Waals surface area contributed by atoms with Crippen LogP contribution < -0.4 is 5.32 Å². The van der Waals surface area contributed by atoms with Crippen LogP contribution in [0.5, 0.6) is 0 Å². The number of rotatable bonds is 6. The lowest BCUT2D eigenvalue weighted by molar-refractivity contribution is 0.199. The van der Waals surface area contributed by atoms with E-state index in [9.17, 15) is 0 Å². The Bertz CT molecular complexity index is 417. The normalized spacial score (nSPS) is 16.8. The zero-order chi connectivity index (χ0) is 14.4. The third-order valence-corrected chi connectivity index (χ3v) is 4.80. The molecule has 0 aliphatic carbocycles. The molecule has 1 heterocycles. The van der Waals surface area contributed by atoms with Crippen LogP contribution in [0.15, 0.2) is 18.2 Å². The SMILES string of the molecule is CCCN(Cc1cccc(Cl)c1Cl)CC1CCNCC1. The first-order valence-electron chi connectivity index (χ1n) is 7.56. The first kappa shape index (κ1) is 16.1. The Hall–Kier alpha value is -0.280. The van der Waals surface area contributed by atoms with Gasteiger partial charge in [-0.25, -0.2) is 0 Å². The molecule has 0 saturated carbocycles. The van der Waals surface area contributed by atoms with Crippen molar-refractivity contribution in [3.8, 4) is 0 Å². The highest BCUT2D eigenvalue weighted by molar-refractivity contribution is 6.42. The van der Waals surface area contributed by atoms with E-state index in [0.29, 0.717) is 10.0 Å². The Balaban J connectivity index is 1.98. The topological polar surface area (TPSA) is 15.3 Å². The third kappa shape index (κ3) is 4.63. The monoisotopic (exact) mass is 314 g/mol. The molecule has 112 valence electrons. The van der Waals surface area contributed by atoms with E-state index < -0.39 is 0 Å². The first-order chi connectivity index (χ1) is 9.70. The van der Waals surface area contributed by atoms with Crippen molar-refractivity contribution >= 4 is 23.2 Å². The number of hydrogen-bond acceptors (Lipinski definition) is 2.